The minimum Gasteiger partial charge on any atom is -0.374 e. The molecule has 2 aromatic rings. The van der Waals surface area contributed by atoms with Crippen molar-refractivity contribution in [2.24, 2.45) is 0 Å². The van der Waals surface area contributed by atoms with E-state index in [9.17, 15) is 4.79 Å². The van der Waals surface area contributed by atoms with Crippen molar-refractivity contribution in [3.05, 3.63) is 42.2 Å². The molecule has 1 atom stereocenters. The first kappa shape index (κ1) is 10.8. The minimum absolute atomic E-state index is 0.0129. The average Bonchev–Trinajstić information content (AvgIpc) is 2.36. The molecular formula is C13H13NO2. The number of carbonyl (C=O) groups is 1. The molecule has 1 aromatic heterocycles. The van der Waals surface area contributed by atoms with Crippen LogP contribution in [0.2, 0.25) is 0 Å². The second-order valence-electron chi connectivity index (χ2n) is 3.64. The largest absolute Gasteiger partial charge is 0.374 e. The van der Waals surface area contributed by atoms with Gasteiger partial charge < -0.3 is 4.74 Å². The molecule has 82 valence electrons. The summed E-state index contributed by atoms with van der Waals surface area (Å²) in [5.41, 5.74) is 0.667. The smallest absolute Gasteiger partial charge is 0.191 e. The van der Waals surface area contributed by atoms with Crippen LogP contribution in [0.3, 0.4) is 0 Å². The van der Waals surface area contributed by atoms with E-state index in [1.807, 2.05) is 24.3 Å². The van der Waals surface area contributed by atoms with Crippen LogP contribution in [-0.2, 0) is 4.74 Å². The fourth-order valence-corrected chi connectivity index (χ4v) is 1.65. The van der Waals surface area contributed by atoms with Crippen molar-refractivity contribution in [2.45, 2.75) is 13.0 Å². The number of nitrogens with zero attached hydrogens (tertiary/aromatic N) is 1. The highest BCUT2D eigenvalue weighted by atomic mass is 16.5. The predicted molar refractivity (Wildman–Crippen MR) is 62.5 cm³/mol. The van der Waals surface area contributed by atoms with Crippen LogP contribution in [0.4, 0.5) is 0 Å². The molecule has 0 N–H and O–H groups in total. The molecule has 0 fully saturated rings. The van der Waals surface area contributed by atoms with Crippen molar-refractivity contribution in [3.8, 4) is 0 Å². The molecule has 0 saturated carbocycles. The van der Waals surface area contributed by atoms with Crippen molar-refractivity contribution in [1.29, 1.82) is 0 Å². The summed E-state index contributed by atoms with van der Waals surface area (Å²) >= 11 is 0. The molecule has 0 saturated heterocycles. The number of carbonyl (C=O) groups excluding carboxylic acids is 1. The summed E-state index contributed by atoms with van der Waals surface area (Å²) < 4.78 is 5.05. The highest BCUT2D eigenvalue weighted by Gasteiger charge is 2.16. The lowest BCUT2D eigenvalue weighted by Gasteiger charge is -2.10. The SMILES string of the molecule is COC(C)C(=O)c1cccc2ccncc12. The number of ketones is 1. The van der Waals surface area contributed by atoms with Crippen LogP contribution >= 0.6 is 0 Å². The van der Waals surface area contributed by atoms with Gasteiger partial charge in [-0.15, -0.1) is 0 Å². The number of benzene rings is 1. The molecule has 1 heterocycles. The number of rotatable bonds is 3. The van der Waals surface area contributed by atoms with Gasteiger partial charge in [0.1, 0.15) is 6.10 Å². The van der Waals surface area contributed by atoms with E-state index in [4.69, 9.17) is 4.74 Å². The highest BCUT2D eigenvalue weighted by molar-refractivity contribution is 6.09. The molecule has 0 spiro atoms. The molecule has 3 heteroatoms. The first-order valence-corrected chi connectivity index (χ1v) is 5.14. The van der Waals surface area contributed by atoms with E-state index >= 15 is 0 Å². The van der Waals surface area contributed by atoms with Gasteiger partial charge >= 0.3 is 0 Å². The number of ether oxygens (including phenoxy) is 1. The lowest BCUT2D eigenvalue weighted by Crippen LogP contribution is -2.19. The van der Waals surface area contributed by atoms with E-state index in [0.29, 0.717) is 5.56 Å². The summed E-state index contributed by atoms with van der Waals surface area (Å²) in [5.74, 6) is -0.0129. The quantitative estimate of drug-likeness (QED) is 0.738. The van der Waals surface area contributed by atoms with E-state index in [1.165, 1.54) is 7.11 Å². The Labute approximate surface area is 94.1 Å². The van der Waals surface area contributed by atoms with Gasteiger partial charge in [0.25, 0.3) is 0 Å². The molecule has 0 aliphatic heterocycles. The molecule has 16 heavy (non-hydrogen) atoms. The zero-order valence-electron chi connectivity index (χ0n) is 9.31. The first-order valence-electron chi connectivity index (χ1n) is 5.14. The van der Waals surface area contributed by atoms with Crippen LogP contribution in [-0.4, -0.2) is 24.0 Å². The van der Waals surface area contributed by atoms with Gasteiger partial charge in [0.05, 0.1) is 0 Å². The third-order valence-electron chi connectivity index (χ3n) is 2.67. The van der Waals surface area contributed by atoms with Gasteiger partial charge in [0.15, 0.2) is 5.78 Å². The Kier molecular flexibility index (Phi) is 2.97. The lowest BCUT2D eigenvalue weighted by atomic mass is 10.0. The maximum Gasteiger partial charge on any atom is 0.191 e. The zero-order chi connectivity index (χ0) is 11.5. The first-order chi connectivity index (χ1) is 7.74. The molecular weight excluding hydrogens is 202 g/mol. The lowest BCUT2D eigenvalue weighted by molar-refractivity contribution is 0.0657. The Balaban J connectivity index is 2.56. The molecule has 3 nitrogen and oxygen atoms in total. The van der Waals surface area contributed by atoms with E-state index in [0.717, 1.165) is 10.8 Å². The van der Waals surface area contributed by atoms with Gasteiger partial charge in [-0.2, -0.15) is 0 Å². The fraction of sp³-hybridized carbons (Fsp3) is 0.231. The van der Waals surface area contributed by atoms with Crippen molar-refractivity contribution in [1.82, 2.24) is 4.98 Å². The number of methoxy groups -OCH3 is 1. The van der Waals surface area contributed by atoms with E-state index in [-0.39, 0.29) is 5.78 Å². The molecule has 1 aromatic carbocycles. The summed E-state index contributed by atoms with van der Waals surface area (Å²) in [6.07, 6.45) is 3.01. The Morgan fingerprint density at radius 1 is 1.38 bits per heavy atom. The van der Waals surface area contributed by atoms with Gasteiger partial charge in [0, 0.05) is 30.5 Å². The maximum atomic E-state index is 12.0. The zero-order valence-corrected chi connectivity index (χ0v) is 9.31. The Bertz CT molecular complexity index is 517. The third kappa shape index (κ3) is 1.82. The predicted octanol–water partition coefficient (Wildman–Crippen LogP) is 2.45. The van der Waals surface area contributed by atoms with Gasteiger partial charge in [0.2, 0.25) is 0 Å². The summed E-state index contributed by atoms with van der Waals surface area (Å²) in [5, 5.41) is 1.89. The Hall–Kier alpha value is -1.74. The van der Waals surface area contributed by atoms with Crippen LogP contribution in [0.5, 0.6) is 0 Å². The van der Waals surface area contributed by atoms with Crippen LogP contribution in [0.25, 0.3) is 10.8 Å². The molecule has 0 aliphatic rings. The molecule has 2 rings (SSSR count). The maximum absolute atomic E-state index is 12.0. The molecule has 0 amide bonds. The highest BCUT2D eigenvalue weighted by Crippen LogP contribution is 2.19. The van der Waals surface area contributed by atoms with E-state index in [2.05, 4.69) is 4.98 Å². The second-order valence-corrected chi connectivity index (χ2v) is 3.64. The van der Waals surface area contributed by atoms with Gasteiger partial charge in [-0.1, -0.05) is 18.2 Å². The summed E-state index contributed by atoms with van der Waals surface area (Å²) in [4.78, 5) is 16.1. The number of pyridine rings is 1. The monoisotopic (exact) mass is 215 g/mol. The van der Waals surface area contributed by atoms with Crippen LogP contribution in [0, 0.1) is 0 Å². The van der Waals surface area contributed by atoms with Gasteiger partial charge in [-0.05, 0) is 18.4 Å². The second kappa shape index (κ2) is 4.41. The van der Waals surface area contributed by atoms with Crippen LogP contribution in [0.15, 0.2) is 36.7 Å². The van der Waals surface area contributed by atoms with Crippen molar-refractivity contribution >= 4 is 16.6 Å². The summed E-state index contributed by atoms with van der Waals surface area (Å²) in [6.45, 7) is 1.75. The third-order valence-corrected chi connectivity index (χ3v) is 2.67. The van der Waals surface area contributed by atoms with Gasteiger partial charge in [-0.3, -0.25) is 9.78 Å². The van der Waals surface area contributed by atoms with Crippen LogP contribution < -0.4 is 0 Å². The van der Waals surface area contributed by atoms with Crippen molar-refractivity contribution < 1.29 is 9.53 Å². The van der Waals surface area contributed by atoms with Crippen molar-refractivity contribution in [3.63, 3.8) is 0 Å². The standard InChI is InChI=1S/C13H13NO2/c1-9(16-2)13(15)11-5-3-4-10-6-7-14-8-12(10)11/h3-9H,1-2H3. The normalized spacial score (nSPS) is 12.6. The van der Waals surface area contributed by atoms with Crippen LogP contribution in [0.1, 0.15) is 17.3 Å². The number of aromatic nitrogens is 1. The van der Waals surface area contributed by atoms with E-state index < -0.39 is 6.10 Å². The Morgan fingerprint density at radius 3 is 2.94 bits per heavy atom. The molecule has 1 unspecified atom stereocenters. The van der Waals surface area contributed by atoms with Gasteiger partial charge in [-0.25, -0.2) is 0 Å². The number of hydrogen-bond acceptors (Lipinski definition) is 3. The minimum atomic E-state index is -0.425. The topological polar surface area (TPSA) is 39.2 Å². The molecule has 0 aliphatic carbocycles. The van der Waals surface area contributed by atoms with E-state index in [1.54, 1.807) is 19.3 Å². The fourth-order valence-electron chi connectivity index (χ4n) is 1.65. The number of hydrogen-bond donors (Lipinski definition) is 0. The Morgan fingerprint density at radius 2 is 2.19 bits per heavy atom. The summed E-state index contributed by atoms with van der Waals surface area (Å²) in [6, 6.07) is 7.54. The van der Waals surface area contributed by atoms with Crippen molar-refractivity contribution in [2.75, 3.05) is 7.11 Å². The average molecular weight is 215 g/mol. The number of fused-ring (bicyclic) bond motifs is 1. The molecule has 0 radical (unpaired) electrons. The number of Topliss-reactive ketones (excluding diaryl/α,β-unsaturated/α-hetero) is 1. The summed E-state index contributed by atoms with van der Waals surface area (Å²) in [7, 11) is 1.53. The molecule has 0 bridgehead atoms.